The first-order chi connectivity index (χ1) is 12.5. The minimum atomic E-state index is -0.102. The molecule has 0 spiro atoms. The molecule has 0 aromatic heterocycles. The van der Waals surface area contributed by atoms with Gasteiger partial charge in [0.25, 0.3) is 0 Å². The number of amides is 1. The third kappa shape index (κ3) is 6.23. The van der Waals surface area contributed by atoms with Crippen LogP contribution in [-0.2, 0) is 4.79 Å². The minimum absolute atomic E-state index is 0.102. The van der Waals surface area contributed by atoms with Gasteiger partial charge in [-0.3, -0.25) is 4.79 Å². The lowest BCUT2D eigenvalue weighted by Crippen LogP contribution is -2.28. The van der Waals surface area contributed by atoms with Crippen LogP contribution < -0.4 is 10.1 Å². The molecule has 5 nitrogen and oxygen atoms in total. The van der Waals surface area contributed by atoms with Gasteiger partial charge in [0.1, 0.15) is 18.4 Å². The minimum Gasteiger partial charge on any atom is -0.492 e. The second-order valence-electron chi connectivity index (χ2n) is 6.43. The molecule has 1 N–H and O–H groups in total. The molecule has 5 heteroatoms. The smallest absolute Gasteiger partial charge is 0.225 e. The van der Waals surface area contributed by atoms with E-state index in [2.05, 4.69) is 36.2 Å². The van der Waals surface area contributed by atoms with Crippen LogP contribution in [-0.4, -0.2) is 37.6 Å². The molecule has 0 aliphatic carbocycles. The van der Waals surface area contributed by atoms with Crippen molar-refractivity contribution < 1.29 is 9.53 Å². The fourth-order valence-corrected chi connectivity index (χ4v) is 2.64. The zero-order valence-electron chi connectivity index (χ0n) is 15.6. The number of likely N-dealkylation sites (N-methyl/N-ethyl adjacent to an activating group) is 1. The fraction of sp³-hybridized carbons (Fsp3) is 0.333. The molecule has 0 aliphatic rings. The topological polar surface area (TPSA) is 65.4 Å². The van der Waals surface area contributed by atoms with Crippen LogP contribution in [0.2, 0.25) is 0 Å². The number of aryl methyl sites for hydroxylation is 2. The van der Waals surface area contributed by atoms with Gasteiger partial charge in [0.2, 0.25) is 5.91 Å². The van der Waals surface area contributed by atoms with E-state index in [0.29, 0.717) is 30.8 Å². The first-order valence-electron chi connectivity index (χ1n) is 8.66. The van der Waals surface area contributed by atoms with Crippen LogP contribution in [0.25, 0.3) is 0 Å². The van der Waals surface area contributed by atoms with Gasteiger partial charge in [-0.2, -0.15) is 5.26 Å². The maximum absolute atomic E-state index is 12.1. The number of para-hydroxylation sites is 1. The van der Waals surface area contributed by atoms with Crippen molar-refractivity contribution in [2.24, 2.45) is 0 Å². The third-order valence-electron chi connectivity index (χ3n) is 3.98. The van der Waals surface area contributed by atoms with Gasteiger partial charge in [-0.25, -0.2) is 0 Å². The van der Waals surface area contributed by atoms with E-state index in [1.807, 2.05) is 19.2 Å². The zero-order chi connectivity index (χ0) is 18.9. The standard InChI is InChI=1S/C21H25N3O2/c1-16-12-17(2)14-19(13-16)26-11-10-24(3)9-8-21(25)23-20-7-5-4-6-18(20)15-22/h4-7,12-14H,8-11H2,1-3H3,(H,23,25). The molecule has 0 radical (unpaired) electrons. The summed E-state index contributed by atoms with van der Waals surface area (Å²) in [6.45, 7) is 6.02. The molecule has 26 heavy (non-hydrogen) atoms. The Kier molecular flexibility index (Phi) is 7.19. The summed E-state index contributed by atoms with van der Waals surface area (Å²) in [4.78, 5) is 14.1. The molecule has 0 heterocycles. The second-order valence-corrected chi connectivity index (χ2v) is 6.43. The number of nitriles is 1. The summed E-state index contributed by atoms with van der Waals surface area (Å²) in [6.07, 6.45) is 0.361. The summed E-state index contributed by atoms with van der Waals surface area (Å²) in [6, 6.07) is 15.2. The van der Waals surface area contributed by atoms with E-state index in [1.165, 1.54) is 11.1 Å². The number of nitrogens with zero attached hydrogens (tertiary/aromatic N) is 2. The quantitative estimate of drug-likeness (QED) is 0.790. The lowest BCUT2D eigenvalue weighted by atomic mass is 10.1. The van der Waals surface area contributed by atoms with Crippen molar-refractivity contribution in [2.75, 3.05) is 32.1 Å². The molecular formula is C21H25N3O2. The van der Waals surface area contributed by atoms with Gasteiger partial charge in [0.05, 0.1) is 11.3 Å². The predicted molar refractivity (Wildman–Crippen MR) is 103 cm³/mol. The number of benzene rings is 2. The summed E-state index contributed by atoms with van der Waals surface area (Å²) in [5, 5.41) is 11.8. The maximum atomic E-state index is 12.1. The van der Waals surface area contributed by atoms with E-state index in [9.17, 15) is 4.79 Å². The number of ether oxygens (including phenoxy) is 1. The molecule has 2 rings (SSSR count). The van der Waals surface area contributed by atoms with Gasteiger partial charge >= 0.3 is 0 Å². The number of nitrogens with one attached hydrogen (secondary N) is 1. The summed E-state index contributed by atoms with van der Waals surface area (Å²) in [5.74, 6) is 0.775. The molecule has 0 saturated heterocycles. The molecule has 136 valence electrons. The van der Waals surface area contributed by atoms with Crippen LogP contribution in [0.1, 0.15) is 23.1 Å². The molecule has 0 bridgehead atoms. The monoisotopic (exact) mass is 351 g/mol. The Morgan fingerprint density at radius 1 is 1.15 bits per heavy atom. The Balaban J connectivity index is 1.72. The molecule has 2 aromatic carbocycles. The van der Waals surface area contributed by atoms with Crippen molar-refractivity contribution in [3.63, 3.8) is 0 Å². The molecule has 2 aromatic rings. The zero-order valence-corrected chi connectivity index (χ0v) is 15.6. The Hall–Kier alpha value is -2.84. The summed E-state index contributed by atoms with van der Waals surface area (Å²) in [7, 11) is 1.96. The van der Waals surface area contributed by atoms with Crippen molar-refractivity contribution >= 4 is 11.6 Å². The highest BCUT2D eigenvalue weighted by Gasteiger charge is 2.08. The maximum Gasteiger partial charge on any atom is 0.225 e. The molecule has 0 aliphatic heterocycles. The first-order valence-corrected chi connectivity index (χ1v) is 8.66. The van der Waals surface area contributed by atoms with Crippen molar-refractivity contribution in [2.45, 2.75) is 20.3 Å². The molecule has 0 fully saturated rings. The number of hydrogen-bond donors (Lipinski definition) is 1. The van der Waals surface area contributed by atoms with Crippen LogP contribution in [0.4, 0.5) is 5.69 Å². The lowest BCUT2D eigenvalue weighted by Gasteiger charge is -2.17. The van der Waals surface area contributed by atoms with Gasteiger partial charge < -0.3 is 15.0 Å². The molecular weight excluding hydrogens is 326 g/mol. The van der Waals surface area contributed by atoms with E-state index >= 15 is 0 Å². The van der Waals surface area contributed by atoms with Crippen molar-refractivity contribution in [3.05, 3.63) is 59.2 Å². The second kappa shape index (κ2) is 9.59. The Labute approximate surface area is 155 Å². The Morgan fingerprint density at radius 3 is 2.54 bits per heavy atom. The fourth-order valence-electron chi connectivity index (χ4n) is 2.64. The van der Waals surface area contributed by atoms with Crippen LogP contribution >= 0.6 is 0 Å². The third-order valence-corrected chi connectivity index (χ3v) is 3.98. The van der Waals surface area contributed by atoms with E-state index in [-0.39, 0.29) is 5.91 Å². The number of carbonyl (C=O) groups is 1. The first kappa shape index (κ1) is 19.5. The average molecular weight is 351 g/mol. The van der Waals surface area contributed by atoms with Crippen LogP contribution in [0.5, 0.6) is 5.75 Å². The van der Waals surface area contributed by atoms with Crippen LogP contribution in [0.15, 0.2) is 42.5 Å². The summed E-state index contributed by atoms with van der Waals surface area (Å²) in [5.41, 5.74) is 3.39. The van der Waals surface area contributed by atoms with Crippen LogP contribution in [0, 0.1) is 25.2 Å². The number of carbonyl (C=O) groups excluding carboxylic acids is 1. The highest BCUT2D eigenvalue weighted by molar-refractivity contribution is 5.92. The Bertz CT molecular complexity index is 776. The van der Waals surface area contributed by atoms with Gasteiger partial charge in [-0.1, -0.05) is 18.2 Å². The molecule has 0 unspecified atom stereocenters. The Morgan fingerprint density at radius 2 is 1.85 bits per heavy atom. The van der Waals surface area contributed by atoms with E-state index in [0.717, 1.165) is 12.3 Å². The van der Waals surface area contributed by atoms with Gasteiger partial charge in [-0.05, 0) is 56.3 Å². The van der Waals surface area contributed by atoms with E-state index in [1.54, 1.807) is 24.3 Å². The highest BCUT2D eigenvalue weighted by atomic mass is 16.5. The summed E-state index contributed by atoms with van der Waals surface area (Å²) < 4.78 is 5.79. The average Bonchev–Trinajstić information content (AvgIpc) is 2.59. The highest BCUT2D eigenvalue weighted by Crippen LogP contribution is 2.16. The van der Waals surface area contributed by atoms with Gasteiger partial charge in [0, 0.05) is 19.5 Å². The number of anilines is 1. The molecule has 1 amide bonds. The predicted octanol–water partition coefficient (Wildman–Crippen LogP) is 3.51. The van der Waals surface area contributed by atoms with E-state index in [4.69, 9.17) is 10.00 Å². The van der Waals surface area contributed by atoms with Crippen molar-refractivity contribution in [1.29, 1.82) is 5.26 Å². The largest absolute Gasteiger partial charge is 0.492 e. The lowest BCUT2D eigenvalue weighted by molar-refractivity contribution is -0.116. The van der Waals surface area contributed by atoms with Crippen molar-refractivity contribution in [1.82, 2.24) is 4.90 Å². The van der Waals surface area contributed by atoms with Gasteiger partial charge in [-0.15, -0.1) is 0 Å². The SMILES string of the molecule is Cc1cc(C)cc(OCCN(C)CCC(=O)Nc2ccccc2C#N)c1. The van der Waals surface area contributed by atoms with Crippen molar-refractivity contribution in [3.8, 4) is 11.8 Å². The van der Waals surface area contributed by atoms with Crippen LogP contribution in [0.3, 0.4) is 0 Å². The number of hydrogen-bond acceptors (Lipinski definition) is 4. The summed E-state index contributed by atoms with van der Waals surface area (Å²) >= 11 is 0. The van der Waals surface area contributed by atoms with E-state index < -0.39 is 0 Å². The molecule has 0 atom stereocenters. The normalized spacial score (nSPS) is 10.4. The molecule has 0 saturated carbocycles. The van der Waals surface area contributed by atoms with Gasteiger partial charge in [0.15, 0.2) is 0 Å². The number of rotatable bonds is 8.